The molecule has 0 N–H and O–H groups in total. The van der Waals surface area contributed by atoms with Gasteiger partial charge in [-0.15, -0.1) is 0 Å². The van der Waals surface area contributed by atoms with Gasteiger partial charge in [-0.2, -0.15) is 0 Å². The predicted molar refractivity (Wildman–Crippen MR) is 71.3 cm³/mol. The number of carbonyl (C=O) groups excluding carboxylic acids is 3. The molecule has 0 spiro atoms. The molecular formula is C16H10O4. The molecule has 1 aromatic carbocycles. The Hall–Kier alpha value is -2.75. The Balaban J connectivity index is 2.22. The predicted octanol–water partition coefficient (Wildman–Crippen LogP) is 2.03. The third kappa shape index (κ3) is 1.58. The van der Waals surface area contributed by atoms with Crippen LogP contribution in [0.3, 0.4) is 0 Å². The fraction of sp³-hybridized carbons (Fsp3) is 0.0625. The number of hydrogen-bond acceptors (Lipinski definition) is 4. The van der Waals surface area contributed by atoms with E-state index in [0.717, 1.165) is 0 Å². The van der Waals surface area contributed by atoms with Crippen molar-refractivity contribution >= 4 is 18.0 Å². The molecule has 2 aliphatic rings. The molecular weight excluding hydrogens is 256 g/mol. The normalized spacial score (nSPS) is 20.6. The summed E-state index contributed by atoms with van der Waals surface area (Å²) < 4.78 is 4.94. The van der Waals surface area contributed by atoms with Gasteiger partial charge < -0.3 is 4.74 Å². The van der Waals surface area contributed by atoms with Gasteiger partial charge in [-0.1, -0.05) is 43.0 Å². The SMILES string of the molecule is C=C1C=CC2=C(C(=O)c3ccccc3C2=O)C1OC=O. The van der Waals surface area contributed by atoms with Gasteiger partial charge in [-0.25, -0.2) is 0 Å². The van der Waals surface area contributed by atoms with Gasteiger partial charge in [0.1, 0.15) is 0 Å². The summed E-state index contributed by atoms with van der Waals surface area (Å²) in [5.41, 5.74) is 1.63. The first-order valence-corrected chi connectivity index (χ1v) is 6.03. The summed E-state index contributed by atoms with van der Waals surface area (Å²) in [4.78, 5) is 35.6. The number of Topliss-reactive ketones (excluding diaryl/α,β-unsaturated/α-hetero) is 2. The van der Waals surface area contributed by atoms with Gasteiger partial charge in [0.05, 0.1) is 5.57 Å². The average molecular weight is 266 g/mol. The minimum absolute atomic E-state index is 0.188. The van der Waals surface area contributed by atoms with Crippen LogP contribution in [0.5, 0.6) is 0 Å². The Morgan fingerprint density at radius 3 is 2.35 bits per heavy atom. The summed E-state index contributed by atoms with van der Waals surface area (Å²) in [5, 5.41) is 0. The van der Waals surface area contributed by atoms with E-state index in [1.165, 1.54) is 0 Å². The Bertz CT molecular complexity index is 722. The lowest BCUT2D eigenvalue weighted by atomic mass is 9.78. The minimum atomic E-state index is -0.891. The van der Waals surface area contributed by atoms with E-state index >= 15 is 0 Å². The minimum Gasteiger partial charge on any atom is -0.455 e. The number of ketones is 2. The molecule has 0 saturated heterocycles. The van der Waals surface area contributed by atoms with Crippen LogP contribution in [0.2, 0.25) is 0 Å². The average Bonchev–Trinajstić information content (AvgIpc) is 2.47. The van der Waals surface area contributed by atoms with Gasteiger partial charge >= 0.3 is 0 Å². The number of carbonyl (C=O) groups is 3. The van der Waals surface area contributed by atoms with Gasteiger partial charge in [0.25, 0.3) is 6.47 Å². The van der Waals surface area contributed by atoms with Crippen LogP contribution in [0, 0.1) is 0 Å². The number of ether oxygens (including phenoxy) is 1. The molecule has 0 fully saturated rings. The Kier molecular flexibility index (Phi) is 2.71. The van der Waals surface area contributed by atoms with E-state index in [0.29, 0.717) is 16.7 Å². The van der Waals surface area contributed by atoms with Crippen LogP contribution in [0.25, 0.3) is 0 Å². The highest BCUT2D eigenvalue weighted by atomic mass is 16.5. The van der Waals surface area contributed by atoms with Crippen LogP contribution in [0.1, 0.15) is 20.7 Å². The van der Waals surface area contributed by atoms with Crippen molar-refractivity contribution in [3.8, 4) is 0 Å². The van der Waals surface area contributed by atoms with E-state index in [1.54, 1.807) is 36.4 Å². The highest BCUT2D eigenvalue weighted by molar-refractivity contribution is 6.28. The van der Waals surface area contributed by atoms with Crippen LogP contribution >= 0.6 is 0 Å². The quantitative estimate of drug-likeness (QED) is 0.768. The maximum absolute atomic E-state index is 12.5. The molecule has 0 aromatic heterocycles. The molecule has 20 heavy (non-hydrogen) atoms. The van der Waals surface area contributed by atoms with E-state index in [4.69, 9.17) is 4.74 Å². The number of benzene rings is 1. The number of hydrogen-bond donors (Lipinski definition) is 0. The van der Waals surface area contributed by atoms with Crippen molar-refractivity contribution in [2.45, 2.75) is 6.10 Å². The molecule has 0 radical (unpaired) electrons. The van der Waals surface area contributed by atoms with Crippen molar-refractivity contribution in [2.24, 2.45) is 0 Å². The molecule has 1 unspecified atom stereocenters. The van der Waals surface area contributed by atoms with Crippen LogP contribution in [-0.4, -0.2) is 24.1 Å². The number of fused-ring (bicyclic) bond motifs is 1. The molecule has 0 amide bonds. The number of allylic oxidation sites excluding steroid dienone is 2. The van der Waals surface area contributed by atoms with Crippen molar-refractivity contribution in [2.75, 3.05) is 0 Å². The Morgan fingerprint density at radius 1 is 1.05 bits per heavy atom. The summed E-state index contributed by atoms with van der Waals surface area (Å²) >= 11 is 0. The van der Waals surface area contributed by atoms with E-state index in [1.807, 2.05) is 0 Å². The molecule has 4 heteroatoms. The van der Waals surface area contributed by atoms with E-state index < -0.39 is 6.10 Å². The maximum atomic E-state index is 12.5. The highest BCUT2D eigenvalue weighted by Gasteiger charge is 2.38. The van der Waals surface area contributed by atoms with Crippen LogP contribution in [-0.2, 0) is 9.53 Å². The summed E-state index contributed by atoms with van der Waals surface area (Å²) in [6.45, 7) is 4.01. The zero-order chi connectivity index (χ0) is 14.3. The first-order chi connectivity index (χ1) is 9.65. The molecule has 2 aliphatic carbocycles. The summed E-state index contributed by atoms with van der Waals surface area (Å²) in [6, 6.07) is 6.61. The van der Waals surface area contributed by atoms with Crippen molar-refractivity contribution in [1.82, 2.24) is 0 Å². The Morgan fingerprint density at radius 2 is 1.70 bits per heavy atom. The van der Waals surface area contributed by atoms with Crippen LogP contribution < -0.4 is 0 Å². The van der Waals surface area contributed by atoms with Crippen LogP contribution in [0.15, 0.2) is 59.7 Å². The van der Waals surface area contributed by atoms with E-state index in [9.17, 15) is 14.4 Å². The molecule has 0 heterocycles. The first-order valence-electron chi connectivity index (χ1n) is 6.03. The molecule has 4 nitrogen and oxygen atoms in total. The fourth-order valence-electron chi connectivity index (χ4n) is 2.51. The van der Waals surface area contributed by atoms with Gasteiger partial charge in [0, 0.05) is 16.7 Å². The monoisotopic (exact) mass is 266 g/mol. The first kappa shape index (κ1) is 12.3. The smallest absolute Gasteiger partial charge is 0.294 e. The molecule has 3 rings (SSSR count). The highest BCUT2D eigenvalue weighted by Crippen LogP contribution is 2.34. The van der Waals surface area contributed by atoms with Crippen molar-refractivity contribution in [3.63, 3.8) is 0 Å². The van der Waals surface area contributed by atoms with Crippen molar-refractivity contribution < 1.29 is 19.1 Å². The molecule has 98 valence electrons. The molecule has 1 atom stereocenters. The second-order valence-corrected chi connectivity index (χ2v) is 4.55. The second-order valence-electron chi connectivity index (χ2n) is 4.55. The van der Waals surface area contributed by atoms with Crippen molar-refractivity contribution in [3.05, 3.63) is 70.8 Å². The van der Waals surface area contributed by atoms with Gasteiger partial charge in [0.15, 0.2) is 17.7 Å². The molecule has 1 aromatic rings. The topological polar surface area (TPSA) is 60.4 Å². The lowest BCUT2D eigenvalue weighted by Crippen LogP contribution is -2.32. The van der Waals surface area contributed by atoms with Crippen molar-refractivity contribution in [1.29, 1.82) is 0 Å². The largest absolute Gasteiger partial charge is 0.455 e. The molecule has 0 aliphatic heterocycles. The third-order valence-electron chi connectivity index (χ3n) is 3.45. The molecule has 0 bridgehead atoms. The summed E-state index contributed by atoms with van der Waals surface area (Å²) in [7, 11) is 0. The lowest BCUT2D eigenvalue weighted by molar-refractivity contribution is -0.130. The zero-order valence-electron chi connectivity index (χ0n) is 10.5. The van der Waals surface area contributed by atoms with E-state index in [-0.39, 0.29) is 29.2 Å². The van der Waals surface area contributed by atoms with Gasteiger partial charge in [-0.05, 0) is 5.57 Å². The summed E-state index contributed by atoms with van der Waals surface area (Å²) in [6.07, 6.45) is 2.25. The van der Waals surface area contributed by atoms with Crippen LogP contribution in [0.4, 0.5) is 0 Å². The van der Waals surface area contributed by atoms with Gasteiger partial charge in [0.2, 0.25) is 0 Å². The molecule has 0 saturated carbocycles. The number of rotatable bonds is 2. The fourth-order valence-corrected chi connectivity index (χ4v) is 2.51. The third-order valence-corrected chi connectivity index (χ3v) is 3.45. The summed E-state index contributed by atoms with van der Waals surface area (Å²) in [5.74, 6) is -0.536. The Labute approximate surface area is 115 Å². The standard InChI is InChI=1S/C16H10O4/c1-9-6-7-12-13(16(9)20-8-17)15(19)11-5-3-2-4-10(11)14(12)18/h2-8,16H,1H2. The van der Waals surface area contributed by atoms with Gasteiger partial charge in [-0.3, -0.25) is 14.4 Å². The maximum Gasteiger partial charge on any atom is 0.294 e. The lowest BCUT2D eigenvalue weighted by Gasteiger charge is -2.27. The zero-order valence-corrected chi connectivity index (χ0v) is 10.5. The second kappa shape index (κ2) is 4.42. The van der Waals surface area contributed by atoms with E-state index in [2.05, 4.69) is 6.58 Å².